The highest BCUT2D eigenvalue weighted by Crippen LogP contribution is 2.34. The normalized spacial score (nSPS) is 19.5. The van der Waals surface area contributed by atoms with E-state index in [-0.39, 0.29) is 6.10 Å². The molecule has 0 bridgehead atoms. The molecule has 3 heteroatoms. The molecular weight excluding hydrogens is 200 g/mol. The minimum atomic E-state index is -0.0220. The van der Waals surface area contributed by atoms with Gasteiger partial charge in [-0.25, -0.2) is 0 Å². The Balaban J connectivity index is 2.33. The summed E-state index contributed by atoms with van der Waals surface area (Å²) < 4.78 is 11.2. The second-order valence-corrected chi connectivity index (χ2v) is 3.90. The fourth-order valence-electron chi connectivity index (χ4n) is 1.44. The number of rotatable bonds is 1. The van der Waals surface area contributed by atoms with Crippen LogP contribution in [-0.2, 0) is 0 Å². The van der Waals surface area contributed by atoms with Gasteiger partial charge in [-0.3, -0.25) is 0 Å². The van der Waals surface area contributed by atoms with E-state index in [1.807, 2.05) is 12.1 Å². The number of aryl methyl sites for hydroxylation is 2. The van der Waals surface area contributed by atoms with Crippen molar-refractivity contribution >= 4 is 11.6 Å². The third-order valence-corrected chi connectivity index (χ3v) is 2.79. The van der Waals surface area contributed by atoms with Crippen molar-refractivity contribution in [2.45, 2.75) is 20.0 Å². The van der Waals surface area contributed by atoms with Crippen LogP contribution in [-0.4, -0.2) is 18.6 Å². The van der Waals surface area contributed by atoms with Crippen molar-refractivity contribution in [3.8, 4) is 11.5 Å². The number of alkyl halides is 1. The molecule has 1 aliphatic rings. The van der Waals surface area contributed by atoms with E-state index in [1.54, 1.807) is 0 Å². The highest BCUT2D eigenvalue weighted by molar-refractivity contribution is 6.18. The third kappa shape index (κ3) is 1.67. The number of hydrogen-bond acceptors (Lipinski definition) is 2. The molecule has 2 nitrogen and oxygen atoms in total. The lowest BCUT2D eigenvalue weighted by molar-refractivity contribution is 0.106. The quantitative estimate of drug-likeness (QED) is 0.667. The van der Waals surface area contributed by atoms with Crippen LogP contribution in [0.5, 0.6) is 11.5 Å². The molecule has 1 heterocycles. The van der Waals surface area contributed by atoms with Gasteiger partial charge >= 0.3 is 0 Å². The van der Waals surface area contributed by atoms with E-state index in [9.17, 15) is 0 Å². The van der Waals surface area contributed by atoms with Gasteiger partial charge in [-0.1, -0.05) is 0 Å². The average Bonchev–Trinajstić information content (AvgIpc) is 2.19. The van der Waals surface area contributed by atoms with Gasteiger partial charge in [0.1, 0.15) is 12.7 Å². The molecule has 14 heavy (non-hydrogen) atoms. The molecule has 0 amide bonds. The van der Waals surface area contributed by atoms with Crippen LogP contribution in [0.1, 0.15) is 11.1 Å². The van der Waals surface area contributed by atoms with Crippen LogP contribution in [0.25, 0.3) is 0 Å². The van der Waals surface area contributed by atoms with Gasteiger partial charge in [-0.05, 0) is 37.1 Å². The highest BCUT2D eigenvalue weighted by Gasteiger charge is 2.20. The summed E-state index contributed by atoms with van der Waals surface area (Å²) in [6, 6.07) is 4.01. The Kier molecular flexibility index (Phi) is 2.55. The Bertz CT molecular complexity index is 349. The lowest BCUT2D eigenvalue weighted by Gasteiger charge is -2.25. The SMILES string of the molecule is Cc1cc2c(cc1C)OC(CCl)CO2. The first-order valence-electron chi connectivity index (χ1n) is 4.67. The van der Waals surface area contributed by atoms with Crippen molar-refractivity contribution in [3.63, 3.8) is 0 Å². The van der Waals surface area contributed by atoms with Gasteiger partial charge in [-0.15, -0.1) is 11.6 Å². The first-order valence-corrected chi connectivity index (χ1v) is 5.21. The molecule has 0 radical (unpaired) electrons. The summed E-state index contributed by atoms with van der Waals surface area (Å²) in [6.07, 6.45) is -0.0220. The molecular formula is C11H13ClO2. The zero-order chi connectivity index (χ0) is 10.1. The lowest BCUT2D eigenvalue weighted by Crippen LogP contribution is -2.30. The number of benzene rings is 1. The first kappa shape index (κ1) is 9.66. The topological polar surface area (TPSA) is 18.5 Å². The summed E-state index contributed by atoms with van der Waals surface area (Å²) in [5.41, 5.74) is 2.43. The van der Waals surface area contributed by atoms with Crippen molar-refractivity contribution < 1.29 is 9.47 Å². The van der Waals surface area contributed by atoms with Crippen LogP contribution < -0.4 is 9.47 Å². The van der Waals surface area contributed by atoms with Crippen LogP contribution >= 0.6 is 11.6 Å². The molecule has 0 N–H and O–H groups in total. The molecule has 0 saturated heterocycles. The van der Waals surface area contributed by atoms with Gasteiger partial charge in [0, 0.05) is 0 Å². The van der Waals surface area contributed by atoms with E-state index in [0.717, 1.165) is 11.5 Å². The number of ether oxygens (including phenoxy) is 2. The van der Waals surface area contributed by atoms with Gasteiger partial charge in [-0.2, -0.15) is 0 Å². The molecule has 0 aliphatic carbocycles. The first-order chi connectivity index (χ1) is 6.70. The van der Waals surface area contributed by atoms with E-state index in [2.05, 4.69) is 13.8 Å². The van der Waals surface area contributed by atoms with Gasteiger partial charge in [0.15, 0.2) is 11.5 Å². The monoisotopic (exact) mass is 212 g/mol. The van der Waals surface area contributed by atoms with Crippen LogP contribution in [0.15, 0.2) is 12.1 Å². The van der Waals surface area contributed by atoms with Gasteiger partial charge < -0.3 is 9.47 Å². The Labute approximate surface area is 88.8 Å². The van der Waals surface area contributed by atoms with Crippen LogP contribution in [0.4, 0.5) is 0 Å². The Morgan fingerprint density at radius 2 is 1.93 bits per heavy atom. The van der Waals surface area contributed by atoms with Crippen molar-refractivity contribution in [1.29, 1.82) is 0 Å². The van der Waals surface area contributed by atoms with Crippen molar-refractivity contribution in [1.82, 2.24) is 0 Å². The molecule has 1 aliphatic heterocycles. The van der Waals surface area contributed by atoms with E-state index in [0.29, 0.717) is 12.5 Å². The average molecular weight is 213 g/mol. The summed E-state index contributed by atoms with van der Waals surface area (Å²) in [7, 11) is 0. The summed E-state index contributed by atoms with van der Waals surface area (Å²) in [5, 5.41) is 0. The number of fused-ring (bicyclic) bond motifs is 1. The van der Waals surface area contributed by atoms with Crippen molar-refractivity contribution in [2.75, 3.05) is 12.5 Å². The standard InChI is InChI=1S/C11H13ClO2/c1-7-3-10-11(4-8(7)2)14-9(5-12)6-13-10/h3-4,9H,5-6H2,1-2H3. The van der Waals surface area contributed by atoms with Crippen molar-refractivity contribution in [2.24, 2.45) is 0 Å². The molecule has 1 aromatic rings. The van der Waals surface area contributed by atoms with Crippen LogP contribution in [0.2, 0.25) is 0 Å². The Morgan fingerprint density at radius 1 is 1.29 bits per heavy atom. The highest BCUT2D eigenvalue weighted by atomic mass is 35.5. The largest absolute Gasteiger partial charge is 0.486 e. The molecule has 0 spiro atoms. The minimum Gasteiger partial charge on any atom is -0.486 e. The lowest BCUT2D eigenvalue weighted by atomic mass is 10.1. The number of hydrogen-bond donors (Lipinski definition) is 0. The Morgan fingerprint density at radius 3 is 2.57 bits per heavy atom. The zero-order valence-corrected chi connectivity index (χ0v) is 9.10. The molecule has 1 unspecified atom stereocenters. The summed E-state index contributed by atoms with van der Waals surface area (Å²) >= 11 is 5.71. The molecule has 1 aromatic carbocycles. The second kappa shape index (κ2) is 3.70. The molecule has 1 atom stereocenters. The van der Waals surface area contributed by atoms with E-state index < -0.39 is 0 Å². The summed E-state index contributed by atoms with van der Waals surface area (Å²) in [5.74, 6) is 2.10. The minimum absolute atomic E-state index is 0.0220. The predicted molar refractivity (Wildman–Crippen MR) is 56.5 cm³/mol. The number of halogens is 1. The zero-order valence-electron chi connectivity index (χ0n) is 8.34. The maximum atomic E-state index is 5.71. The van der Waals surface area contributed by atoms with E-state index >= 15 is 0 Å². The Hall–Kier alpha value is -0.890. The maximum Gasteiger partial charge on any atom is 0.162 e. The predicted octanol–water partition coefficient (Wildman–Crippen LogP) is 2.68. The van der Waals surface area contributed by atoms with Gasteiger partial charge in [0.05, 0.1) is 5.88 Å². The van der Waals surface area contributed by atoms with Gasteiger partial charge in [0.25, 0.3) is 0 Å². The smallest absolute Gasteiger partial charge is 0.162 e. The summed E-state index contributed by atoms with van der Waals surface area (Å²) in [4.78, 5) is 0. The molecule has 0 fully saturated rings. The summed E-state index contributed by atoms with van der Waals surface area (Å²) in [6.45, 7) is 4.66. The fourth-order valence-corrected chi connectivity index (χ4v) is 1.59. The van der Waals surface area contributed by atoms with E-state index in [1.165, 1.54) is 11.1 Å². The van der Waals surface area contributed by atoms with Crippen molar-refractivity contribution in [3.05, 3.63) is 23.3 Å². The second-order valence-electron chi connectivity index (χ2n) is 3.59. The fraction of sp³-hybridized carbons (Fsp3) is 0.455. The maximum absolute atomic E-state index is 5.71. The van der Waals surface area contributed by atoms with Gasteiger partial charge in [0.2, 0.25) is 0 Å². The molecule has 0 aromatic heterocycles. The molecule has 0 saturated carbocycles. The molecule has 76 valence electrons. The molecule has 2 rings (SSSR count). The van der Waals surface area contributed by atoms with E-state index in [4.69, 9.17) is 21.1 Å². The third-order valence-electron chi connectivity index (χ3n) is 2.45. The van der Waals surface area contributed by atoms with Crippen LogP contribution in [0.3, 0.4) is 0 Å². The van der Waals surface area contributed by atoms with Crippen LogP contribution in [0, 0.1) is 13.8 Å².